The van der Waals surface area contributed by atoms with E-state index >= 15 is 0 Å². The van der Waals surface area contributed by atoms with Gasteiger partial charge in [-0.3, -0.25) is 0 Å². The van der Waals surface area contributed by atoms with Crippen LogP contribution in [-0.2, 0) is 22.7 Å². The fourth-order valence-corrected chi connectivity index (χ4v) is 4.16. The third-order valence-electron chi connectivity index (χ3n) is 4.33. The predicted molar refractivity (Wildman–Crippen MR) is 104 cm³/mol. The molecule has 0 N–H and O–H groups in total. The lowest BCUT2D eigenvalue weighted by atomic mass is 10.0. The molecular formula is C21H19N3O3S. The average Bonchev–Trinajstić information content (AvgIpc) is 2.74. The zero-order chi connectivity index (χ0) is 20.1. The normalized spacial score (nSPS) is 11.0. The van der Waals surface area contributed by atoms with Crippen LogP contribution < -0.4 is 4.74 Å². The first kappa shape index (κ1) is 19.5. The molecule has 0 bridgehead atoms. The summed E-state index contributed by atoms with van der Waals surface area (Å²) >= 11 is 0. The first-order chi connectivity index (χ1) is 13.5. The van der Waals surface area contributed by atoms with Crippen molar-refractivity contribution in [3.05, 3.63) is 71.4 Å². The lowest BCUT2D eigenvalue weighted by Gasteiger charge is -2.11. The highest BCUT2D eigenvalue weighted by molar-refractivity contribution is 7.91. The van der Waals surface area contributed by atoms with Crippen molar-refractivity contribution in [3.63, 3.8) is 0 Å². The van der Waals surface area contributed by atoms with E-state index < -0.39 is 9.84 Å². The van der Waals surface area contributed by atoms with E-state index in [0.29, 0.717) is 24.2 Å². The molecule has 142 valence electrons. The van der Waals surface area contributed by atoms with Gasteiger partial charge in [0.05, 0.1) is 15.5 Å². The molecule has 3 rings (SSSR count). The van der Waals surface area contributed by atoms with Crippen LogP contribution in [0.25, 0.3) is 0 Å². The molecule has 0 saturated heterocycles. The van der Waals surface area contributed by atoms with Gasteiger partial charge in [-0.15, -0.1) is 5.10 Å². The SMILES string of the molecule is CCc1nnc(Oc2ccc(S(=O)(=O)c3ccccc3)cc2)c(C#N)c1CC. The molecular weight excluding hydrogens is 374 g/mol. The second kappa shape index (κ2) is 8.19. The van der Waals surface area contributed by atoms with Crippen molar-refractivity contribution in [2.45, 2.75) is 36.5 Å². The number of ether oxygens (including phenoxy) is 1. The average molecular weight is 393 g/mol. The molecule has 0 aliphatic heterocycles. The van der Waals surface area contributed by atoms with Gasteiger partial charge in [-0.05, 0) is 54.8 Å². The molecule has 0 amide bonds. The van der Waals surface area contributed by atoms with Gasteiger partial charge in [-0.25, -0.2) is 8.42 Å². The maximum Gasteiger partial charge on any atom is 0.257 e. The highest BCUT2D eigenvalue weighted by Gasteiger charge is 2.19. The highest BCUT2D eigenvalue weighted by Crippen LogP contribution is 2.28. The molecule has 3 aromatic rings. The van der Waals surface area contributed by atoms with Crippen molar-refractivity contribution in [1.82, 2.24) is 10.2 Å². The summed E-state index contributed by atoms with van der Waals surface area (Å²) in [4.78, 5) is 0.386. The van der Waals surface area contributed by atoms with E-state index in [9.17, 15) is 13.7 Å². The van der Waals surface area contributed by atoms with Crippen LogP contribution in [0.5, 0.6) is 11.6 Å². The minimum atomic E-state index is -3.60. The maximum absolute atomic E-state index is 12.7. The number of rotatable bonds is 6. The second-order valence-electron chi connectivity index (χ2n) is 6.01. The Hall–Kier alpha value is -3.24. The van der Waals surface area contributed by atoms with Gasteiger partial charge in [-0.1, -0.05) is 32.0 Å². The summed E-state index contributed by atoms with van der Waals surface area (Å²) in [6, 6.07) is 16.4. The molecule has 0 spiro atoms. The van der Waals surface area contributed by atoms with Crippen LogP contribution in [0.4, 0.5) is 0 Å². The van der Waals surface area contributed by atoms with Crippen LogP contribution in [0.2, 0.25) is 0 Å². The molecule has 6 nitrogen and oxygen atoms in total. The summed E-state index contributed by atoms with van der Waals surface area (Å²) < 4.78 is 31.0. The number of benzene rings is 2. The molecule has 0 aliphatic carbocycles. The largest absolute Gasteiger partial charge is 0.437 e. The zero-order valence-electron chi connectivity index (χ0n) is 15.6. The standard InChI is InChI=1S/C21H19N3O3S/c1-3-18-19(14-22)21(24-23-20(18)4-2)27-15-10-12-17(13-11-15)28(25,26)16-8-6-5-7-9-16/h5-13H,3-4H2,1-2H3. The molecule has 2 aromatic carbocycles. The van der Waals surface area contributed by atoms with E-state index in [-0.39, 0.29) is 15.7 Å². The van der Waals surface area contributed by atoms with Crippen molar-refractivity contribution in [2.75, 3.05) is 0 Å². The van der Waals surface area contributed by atoms with E-state index in [1.807, 2.05) is 13.8 Å². The Kier molecular flexibility index (Phi) is 5.71. The van der Waals surface area contributed by atoms with E-state index in [2.05, 4.69) is 16.3 Å². The highest BCUT2D eigenvalue weighted by atomic mass is 32.2. The Bertz CT molecular complexity index is 1120. The first-order valence-electron chi connectivity index (χ1n) is 8.87. The van der Waals surface area contributed by atoms with E-state index in [1.54, 1.807) is 30.3 Å². The number of aryl methyl sites for hydroxylation is 1. The molecule has 0 aliphatic rings. The van der Waals surface area contributed by atoms with Gasteiger partial charge in [-0.2, -0.15) is 10.4 Å². The van der Waals surface area contributed by atoms with Gasteiger partial charge in [0, 0.05) is 0 Å². The van der Waals surface area contributed by atoms with E-state index in [4.69, 9.17) is 4.74 Å². The number of nitriles is 1. The van der Waals surface area contributed by atoms with Gasteiger partial charge in [0.1, 0.15) is 17.4 Å². The molecule has 28 heavy (non-hydrogen) atoms. The summed E-state index contributed by atoms with van der Waals surface area (Å²) in [5.74, 6) is 0.499. The van der Waals surface area contributed by atoms with Gasteiger partial charge >= 0.3 is 0 Å². The van der Waals surface area contributed by atoms with Gasteiger partial charge < -0.3 is 4.74 Å². The molecule has 0 atom stereocenters. The third-order valence-corrected chi connectivity index (χ3v) is 6.11. The Morgan fingerprint density at radius 2 is 1.57 bits per heavy atom. The van der Waals surface area contributed by atoms with E-state index in [1.165, 1.54) is 24.3 Å². The van der Waals surface area contributed by atoms with Crippen molar-refractivity contribution >= 4 is 9.84 Å². The molecule has 1 heterocycles. The van der Waals surface area contributed by atoms with Crippen LogP contribution in [0, 0.1) is 11.3 Å². The van der Waals surface area contributed by atoms with Crippen LogP contribution in [0.3, 0.4) is 0 Å². The molecule has 0 saturated carbocycles. The van der Waals surface area contributed by atoms with Crippen LogP contribution >= 0.6 is 0 Å². The summed E-state index contributed by atoms with van der Waals surface area (Å²) in [5.41, 5.74) is 1.95. The van der Waals surface area contributed by atoms with Crippen molar-refractivity contribution in [3.8, 4) is 17.7 Å². The molecule has 7 heteroatoms. The maximum atomic E-state index is 12.7. The summed E-state index contributed by atoms with van der Waals surface area (Å²) in [7, 11) is -3.60. The topological polar surface area (TPSA) is 92.9 Å². The lowest BCUT2D eigenvalue weighted by molar-refractivity contribution is 0.450. The number of nitrogens with zero attached hydrogens (tertiary/aromatic N) is 3. The predicted octanol–water partition coefficient (Wildman–Crippen LogP) is 4.10. The monoisotopic (exact) mass is 393 g/mol. The summed E-state index contributed by atoms with van der Waals surface area (Å²) in [5, 5.41) is 17.7. The van der Waals surface area contributed by atoms with Crippen LogP contribution in [0.1, 0.15) is 30.7 Å². The Balaban J connectivity index is 1.91. The van der Waals surface area contributed by atoms with Crippen molar-refractivity contribution < 1.29 is 13.2 Å². The third kappa shape index (κ3) is 3.73. The summed E-state index contributed by atoms with van der Waals surface area (Å²) in [6.07, 6.45) is 1.32. The fourth-order valence-electron chi connectivity index (χ4n) is 2.88. The van der Waals surface area contributed by atoms with Crippen LogP contribution in [-0.4, -0.2) is 18.6 Å². The van der Waals surface area contributed by atoms with E-state index in [0.717, 1.165) is 11.3 Å². The zero-order valence-corrected chi connectivity index (χ0v) is 16.4. The summed E-state index contributed by atoms with van der Waals surface area (Å²) in [6.45, 7) is 3.90. The number of hydrogen-bond acceptors (Lipinski definition) is 6. The van der Waals surface area contributed by atoms with Gasteiger partial charge in [0.2, 0.25) is 9.84 Å². The first-order valence-corrected chi connectivity index (χ1v) is 10.4. The molecule has 0 fully saturated rings. The fraction of sp³-hybridized carbons (Fsp3) is 0.190. The second-order valence-corrected chi connectivity index (χ2v) is 7.96. The molecule has 1 aromatic heterocycles. The Morgan fingerprint density at radius 1 is 0.929 bits per heavy atom. The smallest absolute Gasteiger partial charge is 0.257 e. The van der Waals surface area contributed by atoms with Crippen LogP contribution in [0.15, 0.2) is 64.4 Å². The number of aromatic nitrogens is 2. The van der Waals surface area contributed by atoms with Gasteiger partial charge in [0.15, 0.2) is 0 Å². The quantitative estimate of drug-likeness (QED) is 0.626. The minimum Gasteiger partial charge on any atom is -0.437 e. The molecule has 0 radical (unpaired) electrons. The lowest BCUT2D eigenvalue weighted by Crippen LogP contribution is -2.05. The Morgan fingerprint density at radius 3 is 2.14 bits per heavy atom. The number of sulfone groups is 1. The van der Waals surface area contributed by atoms with Crippen molar-refractivity contribution in [2.24, 2.45) is 0 Å². The minimum absolute atomic E-state index is 0.121. The van der Waals surface area contributed by atoms with Gasteiger partial charge in [0.25, 0.3) is 5.88 Å². The molecule has 0 unspecified atom stereocenters. The van der Waals surface area contributed by atoms with Crippen molar-refractivity contribution in [1.29, 1.82) is 5.26 Å². The number of hydrogen-bond donors (Lipinski definition) is 0. The Labute approximate surface area is 164 Å².